The maximum absolute atomic E-state index is 12.0. The molecule has 21 heavy (non-hydrogen) atoms. The van der Waals surface area contributed by atoms with Gasteiger partial charge in [0.05, 0.1) is 5.88 Å². The fraction of sp³-hybridized carbons (Fsp3) is 0.467. The molecule has 2 rings (SSSR count). The Morgan fingerprint density at radius 1 is 1.43 bits per heavy atom. The number of nitrogens with one attached hydrogen (secondary N) is 1. The minimum absolute atomic E-state index is 0.285. The summed E-state index contributed by atoms with van der Waals surface area (Å²) in [4.78, 5) is 24.5. The van der Waals surface area contributed by atoms with Gasteiger partial charge in [0.1, 0.15) is 6.04 Å². The number of carboxylic acid groups (broad SMARTS) is 1. The highest BCUT2D eigenvalue weighted by atomic mass is 32.2. The lowest BCUT2D eigenvalue weighted by atomic mass is 9.98. The lowest BCUT2D eigenvalue weighted by Gasteiger charge is -2.21. The molecule has 0 aliphatic carbocycles. The van der Waals surface area contributed by atoms with Crippen LogP contribution >= 0.6 is 11.8 Å². The van der Waals surface area contributed by atoms with E-state index in [9.17, 15) is 9.59 Å². The number of amides is 2. The van der Waals surface area contributed by atoms with Crippen LogP contribution in [0, 0.1) is 0 Å². The van der Waals surface area contributed by atoms with E-state index < -0.39 is 12.0 Å². The van der Waals surface area contributed by atoms with Crippen molar-refractivity contribution in [1.82, 2.24) is 10.2 Å². The summed E-state index contributed by atoms with van der Waals surface area (Å²) in [5.74, 6) is 0.322. The molecule has 0 aromatic heterocycles. The Morgan fingerprint density at radius 3 is 2.81 bits per heavy atom. The maximum Gasteiger partial charge on any atom is 0.327 e. The van der Waals surface area contributed by atoms with Gasteiger partial charge in [0.25, 0.3) is 0 Å². The van der Waals surface area contributed by atoms with Crippen molar-refractivity contribution in [3.8, 4) is 0 Å². The molecule has 5 nitrogen and oxygen atoms in total. The number of aliphatic carboxylic acids is 1. The predicted octanol–water partition coefficient (Wildman–Crippen LogP) is 2.35. The van der Waals surface area contributed by atoms with Gasteiger partial charge in [0.2, 0.25) is 0 Å². The van der Waals surface area contributed by atoms with Gasteiger partial charge in [0, 0.05) is 12.3 Å². The molecule has 1 aromatic rings. The van der Waals surface area contributed by atoms with Crippen LogP contribution in [-0.4, -0.2) is 46.2 Å². The number of carboxylic acids is 1. The molecule has 114 valence electrons. The molecule has 2 amide bonds. The summed E-state index contributed by atoms with van der Waals surface area (Å²) in [7, 11) is 0. The summed E-state index contributed by atoms with van der Waals surface area (Å²) in [5, 5.41) is 11.9. The van der Waals surface area contributed by atoms with Crippen molar-refractivity contribution in [3.05, 3.63) is 35.9 Å². The molecular formula is C15H20N2O3S. The Morgan fingerprint density at radius 2 is 2.14 bits per heavy atom. The van der Waals surface area contributed by atoms with E-state index in [0.29, 0.717) is 24.1 Å². The second-order valence-electron chi connectivity index (χ2n) is 5.16. The summed E-state index contributed by atoms with van der Waals surface area (Å²) < 4.78 is 0. The smallest absolute Gasteiger partial charge is 0.327 e. The largest absolute Gasteiger partial charge is 0.480 e. The summed E-state index contributed by atoms with van der Waals surface area (Å²) in [6.45, 7) is 2.66. The van der Waals surface area contributed by atoms with E-state index in [2.05, 4.69) is 24.4 Å². The fourth-order valence-corrected chi connectivity index (χ4v) is 3.44. The van der Waals surface area contributed by atoms with Crippen molar-refractivity contribution in [2.24, 2.45) is 0 Å². The number of nitrogens with zero attached hydrogens (tertiary/aromatic N) is 1. The van der Waals surface area contributed by atoms with E-state index in [1.54, 1.807) is 0 Å². The van der Waals surface area contributed by atoms with Gasteiger partial charge in [0.15, 0.2) is 0 Å². The highest BCUT2D eigenvalue weighted by molar-refractivity contribution is 7.99. The first-order valence-electron chi connectivity index (χ1n) is 6.99. The molecule has 1 aliphatic heterocycles. The van der Waals surface area contributed by atoms with E-state index in [0.717, 1.165) is 6.42 Å². The van der Waals surface area contributed by atoms with Crippen LogP contribution in [0.5, 0.6) is 0 Å². The van der Waals surface area contributed by atoms with E-state index in [1.165, 1.54) is 22.2 Å². The SMILES string of the molecule is CC(CCNC(=O)N1CSCC1C(=O)O)c1ccccc1. The standard InChI is InChI=1S/C15H20N2O3S/c1-11(12-5-3-2-4-6-12)7-8-16-15(20)17-10-21-9-13(17)14(18)19/h2-6,11,13H,7-10H2,1H3,(H,16,20)(H,18,19). The first kappa shape index (κ1) is 15.7. The van der Waals surface area contributed by atoms with Crippen molar-refractivity contribution in [1.29, 1.82) is 0 Å². The van der Waals surface area contributed by atoms with Gasteiger partial charge >= 0.3 is 12.0 Å². The molecule has 1 aromatic carbocycles. The van der Waals surface area contributed by atoms with Gasteiger partial charge in [-0.05, 0) is 17.9 Å². The molecule has 1 saturated heterocycles. The Labute approximate surface area is 128 Å². The van der Waals surface area contributed by atoms with Crippen molar-refractivity contribution in [2.45, 2.75) is 25.3 Å². The summed E-state index contributed by atoms with van der Waals surface area (Å²) in [5.41, 5.74) is 1.24. The fourth-order valence-electron chi connectivity index (χ4n) is 2.29. The lowest BCUT2D eigenvalue weighted by molar-refractivity contribution is -0.140. The molecular weight excluding hydrogens is 288 g/mol. The zero-order valence-corrected chi connectivity index (χ0v) is 12.8. The molecule has 1 fully saturated rings. The van der Waals surface area contributed by atoms with Crippen molar-refractivity contribution < 1.29 is 14.7 Å². The number of urea groups is 1. The highest BCUT2D eigenvalue weighted by Crippen LogP contribution is 2.21. The maximum atomic E-state index is 12.0. The molecule has 0 bridgehead atoms. The Kier molecular flexibility index (Phi) is 5.50. The van der Waals surface area contributed by atoms with Gasteiger partial charge in [-0.15, -0.1) is 11.8 Å². The second-order valence-corrected chi connectivity index (χ2v) is 6.16. The van der Waals surface area contributed by atoms with Crippen LogP contribution in [0.1, 0.15) is 24.8 Å². The van der Waals surface area contributed by atoms with E-state index in [1.807, 2.05) is 18.2 Å². The molecule has 1 aliphatic rings. The second kappa shape index (κ2) is 7.36. The van der Waals surface area contributed by atoms with Gasteiger partial charge in [-0.1, -0.05) is 37.3 Å². The molecule has 0 spiro atoms. The third-order valence-electron chi connectivity index (χ3n) is 3.65. The number of rotatable bonds is 5. The average Bonchev–Trinajstić information content (AvgIpc) is 2.97. The van der Waals surface area contributed by atoms with Crippen molar-refractivity contribution >= 4 is 23.8 Å². The van der Waals surface area contributed by atoms with Crippen LogP contribution in [0.2, 0.25) is 0 Å². The summed E-state index contributed by atoms with van der Waals surface area (Å²) in [6, 6.07) is 9.14. The molecule has 2 unspecified atom stereocenters. The number of thioether (sulfide) groups is 1. The predicted molar refractivity (Wildman–Crippen MR) is 83.5 cm³/mol. The van der Waals surface area contributed by atoms with Gasteiger partial charge in [-0.3, -0.25) is 0 Å². The van der Waals surface area contributed by atoms with Crippen LogP contribution in [0.15, 0.2) is 30.3 Å². The zero-order chi connectivity index (χ0) is 15.2. The van der Waals surface area contributed by atoms with Crippen LogP contribution in [0.4, 0.5) is 4.79 Å². The number of carbonyl (C=O) groups is 2. The Hall–Kier alpha value is -1.69. The minimum atomic E-state index is -0.937. The first-order chi connectivity index (χ1) is 10.1. The normalized spacial score (nSPS) is 19.3. The lowest BCUT2D eigenvalue weighted by Crippen LogP contribution is -2.47. The minimum Gasteiger partial charge on any atom is -0.480 e. The third kappa shape index (κ3) is 4.14. The number of benzene rings is 1. The number of hydrogen-bond acceptors (Lipinski definition) is 3. The Bertz CT molecular complexity index is 495. The van der Waals surface area contributed by atoms with Crippen LogP contribution in [-0.2, 0) is 4.79 Å². The van der Waals surface area contributed by atoms with Crippen molar-refractivity contribution in [3.63, 3.8) is 0 Å². The monoisotopic (exact) mass is 308 g/mol. The van der Waals surface area contributed by atoms with Crippen LogP contribution < -0.4 is 5.32 Å². The molecule has 6 heteroatoms. The highest BCUT2D eigenvalue weighted by Gasteiger charge is 2.34. The molecule has 0 saturated carbocycles. The quantitative estimate of drug-likeness (QED) is 0.876. The zero-order valence-electron chi connectivity index (χ0n) is 12.0. The number of carbonyl (C=O) groups excluding carboxylic acids is 1. The van der Waals surface area contributed by atoms with Crippen molar-refractivity contribution in [2.75, 3.05) is 18.2 Å². The molecule has 0 radical (unpaired) electrons. The van der Waals surface area contributed by atoms with Crippen LogP contribution in [0.3, 0.4) is 0 Å². The molecule has 1 heterocycles. The topological polar surface area (TPSA) is 69.6 Å². The third-order valence-corrected chi connectivity index (χ3v) is 4.66. The van der Waals surface area contributed by atoms with E-state index in [-0.39, 0.29) is 6.03 Å². The average molecular weight is 308 g/mol. The Balaban J connectivity index is 1.78. The van der Waals surface area contributed by atoms with Gasteiger partial charge in [-0.2, -0.15) is 0 Å². The summed E-state index contributed by atoms with van der Waals surface area (Å²) in [6.07, 6.45) is 0.828. The van der Waals surface area contributed by atoms with Crippen LogP contribution in [0.25, 0.3) is 0 Å². The summed E-state index contributed by atoms with van der Waals surface area (Å²) >= 11 is 1.47. The first-order valence-corrected chi connectivity index (χ1v) is 8.15. The molecule has 2 atom stereocenters. The molecule has 2 N–H and O–H groups in total. The van der Waals surface area contributed by atoms with Gasteiger partial charge in [-0.25, -0.2) is 9.59 Å². The van der Waals surface area contributed by atoms with E-state index >= 15 is 0 Å². The number of hydrogen-bond donors (Lipinski definition) is 2. The van der Waals surface area contributed by atoms with E-state index in [4.69, 9.17) is 5.11 Å². The van der Waals surface area contributed by atoms with Gasteiger partial charge < -0.3 is 15.3 Å².